The molecule has 0 saturated heterocycles. The SMILES string of the molecule is Cc1ccc(C(=O)NC2CCC(N)CC2)c(Cl)c1. The second kappa shape index (κ2) is 5.72. The van der Waals surface area contributed by atoms with Gasteiger partial charge in [0.1, 0.15) is 0 Å². The van der Waals surface area contributed by atoms with Crippen LogP contribution in [0.5, 0.6) is 0 Å². The molecule has 1 saturated carbocycles. The zero-order valence-electron chi connectivity index (χ0n) is 10.6. The topological polar surface area (TPSA) is 55.1 Å². The fraction of sp³-hybridized carbons (Fsp3) is 0.500. The van der Waals surface area contributed by atoms with Crippen LogP contribution in [0, 0.1) is 6.92 Å². The average Bonchev–Trinajstić information content (AvgIpc) is 2.32. The third kappa shape index (κ3) is 3.24. The van der Waals surface area contributed by atoms with Crippen LogP contribution in [0.4, 0.5) is 0 Å². The Bertz CT molecular complexity index is 439. The molecule has 1 amide bonds. The Morgan fingerprint density at radius 2 is 2.00 bits per heavy atom. The molecule has 1 aliphatic rings. The number of carbonyl (C=O) groups excluding carboxylic acids is 1. The van der Waals surface area contributed by atoms with Crippen LogP contribution in [0.15, 0.2) is 18.2 Å². The molecule has 98 valence electrons. The lowest BCUT2D eigenvalue weighted by molar-refractivity contribution is 0.0926. The molecule has 1 aromatic carbocycles. The van der Waals surface area contributed by atoms with Crippen LogP contribution in [0.1, 0.15) is 41.6 Å². The lowest BCUT2D eigenvalue weighted by Crippen LogP contribution is -2.40. The van der Waals surface area contributed by atoms with Crippen molar-refractivity contribution < 1.29 is 4.79 Å². The number of halogens is 1. The standard InChI is InChI=1S/C14H19ClN2O/c1-9-2-7-12(13(15)8-9)14(18)17-11-5-3-10(16)4-6-11/h2,7-8,10-11H,3-6,16H2,1H3,(H,17,18). The van der Waals surface area contributed by atoms with E-state index in [0.717, 1.165) is 31.2 Å². The van der Waals surface area contributed by atoms with Gasteiger partial charge in [-0.1, -0.05) is 17.7 Å². The highest BCUT2D eigenvalue weighted by Gasteiger charge is 2.21. The number of aryl methyl sites for hydroxylation is 1. The predicted molar refractivity (Wildman–Crippen MR) is 73.9 cm³/mol. The van der Waals surface area contributed by atoms with Crippen molar-refractivity contribution in [1.82, 2.24) is 5.32 Å². The Morgan fingerprint density at radius 3 is 2.61 bits per heavy atom. The number of amides is 1. The maximum Gasteiger partial charge on any atom is 0.253 e. The molecule has 18 heavy (non-hydrogen) atoms. The van der Waals surface area contributed by atoms with Crippen molar-refractivity contribution in [1.29, 1.82) is 0 Å². The van der Waals surface area contributed by atoms with Gasteiger partial charge in [-0.15, -0.1) is 0 Å². The summed E-state index contributed by atoms with van der Waals surface area (Å²) in [5.74, 6) is -0.0829. The first-order chi connectivity index (χ1) is 8.56. The van der Waals surface area contributed by atoms with Gasteiger partial charge in [-0.05, 0) is 50.3 Å². The molecule has 0 aliphatic heterocycles. The van der Waals surface area contributed by atoms with Crippen LogP contribution in [0.25, 0.3) is 0 Å². The molecule has 1 aliphatic carbocycles. The molecule has 3 N–H and O–H groups in total. The van der Waals surface area contributed by atoms with Gasteiger partial charge in [-0.2, -0.15) is 0 Å². The van der Waals surface area contributed by atoms with Crippen molar-refractivity contribution in [3.63, 3.8) is 0 Å². The highest BCUT2D eigenvalue weighted by atomic mass is 35.5. The molecule has 0 radical (unpaired) electrons. The summed E-state index contributed by atoms with van der Waals surface area (Å²) in [4.78, 5) is 12.1. The molecule has 0 heterocycles. The van der Waals surface area contributed by atoms with E-state index < -0.39 is 0 Å². The summed E-state index contributed by atoms with van der Waals surface area (Å²) >= 11 is 6.08. The first-order valence-corrected chi connectivity index (χ1v) is 6.76. The molecular weight excluding hydrogens is 248 g/mol. The molecule has 2 rings (SSSR count). The smallest absolute Gasteiger partial charge is 0.253 e. The van der Waals surface area contributed by atoms with E-state index in [4.69, 9.17) is 17.3 Å². The quantitative estimate of drug-likeness (QED) is 0.865. The van der Waals surface area contributed by atoms with Gasteiger partial charge in [0.2, 0.25) is 0 Å². The zero-order valence-corrected chi connectivity index (χ0v) is 11.3. The lowest BCUT2D eigenvalue weighted by atomic mass is 9.91. The number of carbonyl (C=O) groups is 1. The largest absolute Gasteiger partial charge is 0.349 e. The van der Waals surface area contributed by atoms with Gasteiger partial charge >= 0.3 is 0 Å². The third-order valence-corrected chi connectivity index (χ3v) is 3.79. The van der Waals surface area contributed by atoms with E-state index in [1.165, 1.54) is 0 Å². The molecule has 0 spiro atoms. The number of nitrogens with one attached hydrogen (secondary N) is 1. The first kappa shape index (κ1) is 13.4. The highest BCUT2D eigenvalue weighted by Crippen LogP contribution is 2.20. The number of hydrogen-bond acceptors (Lipinski definition) is 2. The monoisotopic (exact) mass is 266 g/mol. The number of rotatable bonds is 2. The molecule has 0 aromatic heterocycles. The van der Waals surface area contributed by atoms with E-state index in [-0.39, 0.29) is 11.9 Å². The van der Waals surface area contributed by atoms with Crippen molar-refractivity contribution in [3.05, 3.63) is 34.3 Å². The third-order valence-electron chi connectivity index (χ3n) is 3.48. The van der Waals surface area contributed by atoms with Gasteiger partial charge in [0.05, 0.1) is 10.6 Å². The minimum atomic E-state index is -0.0829. The number of benzene rings is 1. The second-order valence-corrected chi connectivity index (χ2v) is 5.48. The minimum Gasteiger partial charge on any atom is -0.349 e. The van der Waals surface area contributed by atoms with Crippen LogP contribution in [-0.2, 0) is 0 Å². The second-order valence-electron chi connectivity index (χ2n) is 5.07. The van der Waals surface area contributed by atoms with E-state index in [2.05, 4.69) is 5.32 Å². The Hall–Kier alpha value is -1.06. The van der Waals surface area contributed by atoms with E-state index >= 15 is 0 Å². The number of nitrogens with two attached hydrogens (primary N) is 1. The van der Waals surface area contributed by atoms with Crippen molar-refractivity contribution in [2.75, 3.05) is 0 Å². The van der Waals surface area contributed by atoms with Crippen molar-refractivity contribution >= 4 is 17.5 Å². The van der Waals surface area contributed by atoms with Crippen molar-refractivity contribution in [2.24, 2.45) is 5.73 Å². The summed E-state index contributed by atoms with van der Waals surface area (Å²) in [7, 11) is 0. The Labute approximate surface area is 113 Å². The van der Waals surface area contributed by atoms with Crippen LogP contribution >= 0.6 is 11.6 Å². The summed E-state index contributed by atoms with van der Waals surface area (Å²) in [5.41, 5.74) is 7.45. The molecule has 4 heteroatoms. The fourth-order valence-corrected chi connectivity index (χ4v) is 2.65. The van der Waals surface area contributed by atoms with E-state index in [9.17, 15) is 4.79 Å². The van der Waals surface area contributed by atoms with Gasteiger partial charge < -0.3 is 11.1 Å². The summed E-state index contributed by atoms with van der Waals surface area (Å²) in [5, 5.41) is 3.55. The van der Waals surface area contributed by atoms with E-state index in [1.54, 1.807) is 6.07 Å². The van der Waals surface area contributed by atoms with Gasteiger partial charge in [-0.3, -0.25) is 4.79 Å². The van der Waals surface area contributed by atoms with Crippen molar-refractivity contribution in [2.45, 2.75) is 44.7 Å². The van der Waals surface area contributed by atoms with E-state index in [0.29, 0.717) is 16.6 Å². The molecular formula is C14H19ClN2O. The normalized spacial score (nSPS) is 23.7. The summed E-state index contributed by atoms with van der Waals surface area (Å²) < 4.78 is 0. The molecule has 0 unspecified atom stereocenters. The Kier molecular flexibility index (Phi) is 4.25. The predicted octanol–water partition coefficient (Wildman–Crippen LogP) is 2.65. The summed E-state index contributed by atoms with van der Waals surface area (Å²) in [6, 6.07) is 6.02. The molecule has 0 atom stereocenters. The maximum absolute atomic E-state index is 12.1. The van der Waals surface area contributed by atoms with E-state index in [1.807, 2.05) is 19.1 Å². The molecule has 0 bridgehead atoms. The van der Waals surface area contributed by atoms with Crippen LogP contribution < -0.4 is 11.1 Å². The minimum absolute atomic E-state index is 0.0829. The zero-order chi connectivity index (χ0) is 13.1. The summed E-state index contributed by atoms with van der Waals surface area (Å²) in [6.45, 7) is 1.95. The fourth-order valence-electron chi connectivity index (χ4n) is 2.33. The molecule has 3 nitrogen and oxygen atoms in total. The van der Waals surface area contributed by atoms with Gasteiger partial charge in [0.25, 0.3) is 5.91 Å². The molecule has 1 fully saturated rings. The van der Waals surface area contributed by atoms with Gasteiger partial charge in [0.15, 0.2) is 0 Å². The average molecular weight is 267 g/mol. The van der Waals surface area contributed by atoms with Crippen LogP contribution in [0.2, 0.25) is 5.02 Å². The van der Waals surface area contributed by atoms with Crippen LogP contribution in [-0.4, -0.2) is 18.0 Å². The summed E-state index contributed by atoms with van der Waals surface area (Å²) in [6.07, 6.45) is 3.87. The first-order valence-electron chi connectivity index (χ1n) is 6.39. The molecule has 1 aromatic rings. The van der Waals surface area contributed by atoms with Crippen molar-refractivity contribution in [3.8, 4) is 0 Å². The Morgan fingerprint density at radius 1 is 1.33 bits per heavy atom. The van der Waals surface area contributed by atoms with Crippen LogP contribution in [0.3, 0.4) is 0 Å². The highest BCUT2D eigenvalue weighted by molar-refractivity contribution is 6.33. The lowest BCUT2D eigenvalue weighted by Gasteiger charge is -2.26. The van der Waals surface area contributed by atoms with Gasteiger partial charge in [-0.25, -0.2) is 0 Å². The maximum atomic E-state index is 12.1. The van der Waals surface area contributed by atoms with Gasteiger partial charge in [0, 0.05) is 12.1 Å². The number of hydrogen-bond donors (Lipinski definition) is 2. The Balaban J connectivity index is 1.99.